The molecule has 2 aromatic rings. The van der Waals surface area contributed by atoms with E-state index in [2.05, 4.69) is 10.6 Å². The third-order valence-corrected chi connectivity index (χ3v) is 5.46. The zero-order valence-electron chi connectivity index (χ0n) is 16.0. The largest absolute Gasteiger partial charge is 0.493 e. The van der Waals surface area contributed by atoms with Crippen molar-refractivity contribution in [1.82, 2.24) is 4.90 Å². The van der Waals surface area contributed by atoms with Gasteiger partial charge in [0, 0.05) is 30.4 Å². The maximum atomic E-state index is 13.1. The number of aryl methyl sites for hydroxylation is 1. The van der Waals surface area contributed by atoms with Gasteiger partial charge in [-0.05, 0) is 56.0 Å². The SMILES string of the molecule is Cc1ccccc1NC(=O)Nc1ccc2c(c1)C(=O)N1CCCCC1CCO2. The van der Waals surface area contributed by atoms with Crippen molar-refractivity contribution in [2.45, 2.75) is 38.6 Å². The summed E-state index contributed by atoms with van der Waals surface area (Å²) >= 11 is 0. The van der Waals surface area contributed by atoms with Gasteiger partial charge in [0.1, 0.15) is 5.75 Å². The van der Waals surface area contributed by atoms with E-state index in [0.29, 0.717) is 23.6 Å². The monoisotopic (exact) mass is 379 g/mol. The summed E-state index contributed by atoms with van der Waals surface area (Å²) in [6.45, 7) is 3.32. The number of nitrogens with zero attached hydrogens (tertiary/aromatic N) is 1. The van der Waals surface area contributed by atoms with E-state index in [9.17, 15) is 9.59 Å². The van der Waals surface area contributed by atoms with Crippen LogP contribution in [0.1, 0.15) is 41.6 Å². The van der Waals surface area contributed by atoms with Crippen LogP contribution in [0.25, 0.3) is 0 Å². The first kappa shape index (κ1) is 18.3. The molecule has 0 saturated carbocycles. The summed E-state index contributed by atoms with van der Waals surface area (Å²) in [5.41, 5.74) is 2.81. The lowest BCUT2D eigenvalue weighted by atomic mass is 9.97. The van der Waals surface area contributed by atoms with Crippen LogP contribution in [0.3, 0.4) is 0 Å². The van der Waals surface area contributed by atoms with E-state index >= 15 is 0 Å². The second-order valence-corrected chi connectivity index (χ2v) is 7.39. The van der Waals surface area contributed by atoms with E-state index in [1.54, 1.807) is 18.2 Å². The fourth-order valence-corrected chi connectivity index (χ4v) is 3.93. The number of amides is 3. The average Bonchev–Trinajstić information content (AvgIpc) is 2.69. The highest BCUT2D eigenvalue weighted by atomic mass is 16.5. The highest BCUT2D eigenvalue weighted by Gasteiger charge is 2.31. The number of hydrogen-bond acceptors (Lipinski definition) is 3. The predicted molar refractivity (Wildman–Crippen MR) is 109 cm³/mol. The lowest BCUT2D eigenvalue weighted by Gasteiger charge is -2.37. The molecular formula is C22H25N3O3. The minimum Gasteiger partial charge on any atom is -0.493 e. The van der Waals surface area contributed by atoms with Crippen LogP contribution in [0.15, 0.2) is 42.5 Å². The molecule has 1 unspecified atom stereocenters. The number of fused-ring (bicyclic) bond motifs is 2. The van der Waals surface area contributed by atoms with Gasteiger partial charge in [-0.2, -0.15) is 0 Å². The number of para-hydroxylation sites is 1. The molecule has 2 aromatic carbocycles. The normalized spacial score (nSPS) is 18.8. The molecule has 6 nitrogen and oxygen atoms in total. The van der Waals surface area contributed by atoms with Crippen molar-refractivity contribution >= 4 is 23.3 Å². The molecule has 1 saturated heterocycles. The van der Waals surface area contributed by atoms with Crippen molar-refractivity contribution in [3.05, 3.63) is 53.6 Å². The van der Waals surface area contributed by atoms with Crippen LogP contribution in [-0.4, -0.2) is 36.0 Å². The van der Waals surface area contributed by atoms with Crippen molar-refractivity contribution < 1.29 is 14.3 Å². The Morgan fingerprint density at radius 3 is 2.82 bits per heavy atom. The number of piperidine rings is 1. The molecule has 1 atom stereocenters. The zero-order chi connectivity index (χ0) is 19.5. The van der Waals surface area contributed by atoms with Crippen LogP contribution in [-0.2, 0) is 0 Å². The van der Waals surface area contributed by atoms with Crippen LogP contribution in [0.5, 0.6) is 5.75 Å². The molecule has 2 N–H and O–H groups in total. The smallest absolute Gasteiger partial charge is 0.323 e. The lowest BCUT2D eigenvalue weighted by Crippen LogP contribution is -2.45. The molecule has 0 aliphatic carbocycles. The minimum atomic E-state index is -0.343. The third-order valence-electron chi connectivity index (χ3n) is 5.46. The van der Waals surface area contributed by atoms with E-state index in [-0.39, 0.29) is 18.0 Å². The van der Waals surface area contributed by atoms with Crippen LogP contribution >= 0.6 is 0 Å². The molecule has 3 amide bonds. The van der Waals surface area contributed by atoms with E-state index < -0.39 is 0 Å². The number of carbonyl (C=O) groups is 2. The third kappa shape index (κ3) is 3.81. The molecule has 1 fully saturated rings. The number of carbonyl (C=O) groups excluding carboxylic acids is 2. The van der Waals surface area contributed by atoms with Gasteiger partial charge in [0.2, 0.25) is 0 Å². The summed E-state index contributed by atoms with van der Waals surface area (Å²) in [5, 5.41) is 5.66. The Morgan fingerprint density at radius 2 is 1.96 bits per heavy atom. The Balaban J connectivity index is 1.53. The quantitative estimate of drug-likeness (QED) is 0.812. The maximum absolute atomic E-state index is 13.1. The summed E-state index contributed by atoms with van der Waals surface area (Å²) in [6.07, 6.45) is 4.09. The predicted octanol–water partition coefficient (Wildman–Crippen LogP) is 4.42. The lowest BCUT2D eigenvalue weighted by molar-refractivity contribution is 0.0548. The van der Waals surface area contributed by atoms with Gasteiger partial charge < -0.3 is 20.3 Å². The van der Waals surface area contributed by atoms with Crippen LogP contribution in [0.2, 0.25) is 0 Å². The number of rotatable bonds is 2. The van der Waals surface area contributed by atoms with Crippen molar-refractivity contribution in [3.63, 3.8) is 0 Å². The molecular weight excluding hydrogens is 354 g/mol. The van der Waals surface area contributed by atoms with Gasteiger partial charge in [0.25, 0.3) is 5.91 Å². The first-order valence-corrected chi connectivity index (χ1v) is 9.83. The number of urea groups is 1. The molecule has 2 aliphatic rings. The molecule has 146 valence electrons. The molecule has 0 bridgehead atoms. The molecule has 0 spiro atoms. The summed E-state index contributed by atoms with van der Waals surface area (Å²) in [4.78, 5) is 27.5. The second-order valence-electron chi connectivity index (χ2n) is 7.39. The molecule has 0 aromatic heterocycles. The van der Waals surface area contributed by atoms with Crippen molar-refractivity contribution in [1.29, 1.82) is 0 Å². The average molecular weight is 379 g/mol. The first-order chi connectivity index (χ1) is 13.6. The van der Waals surface area contributed by atoms with E-state index in [1.165, 1.54) is 0 Å². The second kappa shape index (κ2) is 7.92. The molecule has 6 heteroatoms. The molecule has 0 radical (unpaired) electrons. The fraction of sp³-hybridized carbons (Fsp3) is 0.364. The van der Waals surface area contributed by atoms with Crippen molar-refractivity contribution in [3.8, 4) is 5.75 Å². The van der Waals surface area contributed by atoms with Gasteiger partial charge in [0.15, 0.2) is 0 Å². The number of benzene rings is 2. The summed E-state index contributed by atoms with van der Waals surface area (Å²) in [6, 6.07) is 12.7. The number of hydrogen-bond donors (Lipinski definition) is 2. The Kier molecular flexibility index (Phi) is 5.19. The minimum absolute atomic E-state index is 0.0117. The molecule has 4 rings (SSSR count). The molecule has 2 heterocycles. The van der Waals surface area contributed by atoms with Gasteiger partial charge in [-0.3, -0.25) is 4.79 Å². The van der Waals surface area contributed by atoms with Gasteiger partial charge in [0.05, 0.1) is 12.2 Å². The van der Waals surface area contributed by atoms with Crippen molar-refractivity contribution in [2.24, 2.45) is 0 Å². The van der Waals surface area contributed by atoms with E-state index in [0.717, 1.165) is 43.5 Å². The summed E-state index contributed by atoms with van der Waals surface area (Å²) in [5.74, 6) is 0.571. The first-order valence-electron chi connectivity index (χ1n) is 9.83. The molecule has 2 aliphatic heterocycles. The van der Waals surface area contributed by atoms with Crippen molar-refractivity contribution in [2.75, 3.05) is 23.8 Å². The van der Waals surface area contributed by atoms with E-state index in [1.807, 2.05) is 36.1 Å². The van der Waals surface area contributed by atoms with Crippen LogP contribution in [0.4, 0.5) is 16.2 Å². The maximum Gasteiger partial charge on any atom is 0.323 e. The zero-order valence-corrected chi connectivity index (χ0v) is 16.0. The number of nitrogens with one attached hydrogen (secondary N) is 2. The van der Waals surface area contributed by atoms with Gasteiger partial charge >= 0.3 is 6.03 Å². The van der Waals surface area contributed by atoms with Crippen LogP contribution in [0, 0.1) is 6.92 Å². The highest BCUT2D eigenvalue weighted by molar-refractivity contribution is 6.02. The summed E-state index contributed by atoms with van der Waals surface area (Å²) in [7, 11) is 0. The highest BCUT2D eigenvalue weighted by Crippen LogP contribution is 2.31. The Morgan fingerprint density at radius 1 is 1.11 bits per heavy atom. The standard InChI is InChI=1S/C22H25N3O3/c1-15-6-2-3-8-19(15)24-22(27)23-16-9-10-20-18(14-16)21(26)25-12-5-4-7-17(25)11-13-28-20/h2-3,6,8-10,14,17H,4-5,7,11-13H2,1H3,(H2,23,24,27). The Labute approximate surface area is 164 Å². The Bertz CT molecular complexity index is 896. The van der Waals surface area contributed by atoms with E-state index in [4.69, 9.17) is 4.74 Å². The topological polar surface area (TPSA) is 70.7 Å². The van der Waals surface area contributed by atoms with Gasteiger partial charge in [-0.15, -0.1) is 0 Å². The van der Waals surface area contributed by atoms with Crippen LogP contribution < -0.4 is 15.4 Å². The fourth-order valence-electron chi connectivity index (χ4n) is 3.93. The van der Waals surface area contributed by atoms with Gasteiger partial charge in [-0.1, -0.05) is 18.2 Å². The Hall–Kier alpha value is -3.02. The number of anilines is 2. The summed E-state index contributed by atoms with van der Waals surface area (Å²) < 4.78 is 5.84. The molecule has 28 heavy (non-hydrogen) atoms. The number of ether oxygens (including phenoxy) is 1. The van der Waals surface area contributed by atoms with Gasteiger partial charge in [-0.25, -0.2) is 4.79 Å².